The number of alkyl halides is 6. The van der Waals surface area contributed by atoms with Crippen LogP contribution in [0.25, 0.3) is 0 Å². The van der Waals surface area contributed by atoms with Crippen LogP contribution in [0, 0.1) is 0 Å². The predicted octanol–water partition coefficient (Wildman–Crippen LogP) is 6.12. The van der Waals surface area contributed by atoms with E-state index in [1.807, 2.05) is 0 Å². The molecule has 0 aliphatic carbocycles. The molecule has 0 unspecified atom stereocenters. The Balaban J connectivity index is 7.83. The number of halogens is 6. The van der Waals surface area contributed by atoms with Crippen LogP contribution in [0.2, 0.25) is 6.04 Å². The zero-order valence-corrected chi connectivity index (χ0v) is 26.3. The average Bonchev–Trinajstić information content (AvgIpc) is 2.82. The van der Waals surface area contributed by atoms with Crippen molar-refractivity contribution >= 4 is 35.6 Å². The summed E-state index contributed by atoms with van der Waals surface area (Å²) < 4.78 is 151. The summed E-state index contributed by atoms with van der Waals surface area (Å²) in [4.78, 5) is 0. The van der Waals surface area contributed by atoms with Gasteiger partial charge in [0.05, 0.1) is 0 Å². The number of nitrogens with zero attached hydrogens (tertiary/aromatic N) is 1. The number of rotatable bonds is 19. The molecule has 0 aliphatic heterocycles. The molecule has 8 nitrogen and oxygen atoms in total. The van der Waals surface area contributed by atoms with Crippen molar-refractivity contribution in [1.82, 2.24) is 3.48 Å². The van der Waals surface area contributed by atoms with Crippen LogP contribution in [0.3, 0.4) is 0 Å². The minimum absolute atomic E-state index is 0.0455. The Morgan fingerprint density at radius 1 is 0.632 bits per heavy atom. The van der Waals surface area contributed by atoms with Gasteiger partial charge in [0.2, 0.25) is 0 Å². The van der Waals surface area contributed by atoms with Gasteiger partial charge in [0.1, 0.15) is 0 Å². The van der Waals surface area contributed by atoms with Gasteiger partial charge in [0.25, 0.3) is 0 Å². The van der Waals surface area contributed by atoms with Gasteiger partial charge in [-0.2, -0.15) is 0 Å². The van der Waals surface area contributed by atoms with Gasteiger partial charge in [-0.15, -0.1) is 0 Å². The van der Waals surface area contributed by atoms with E-state index in [9.17, 15) is 43.2 Å². The van der Waals surface area contributed by atoms with Gasteiger partial charge in [-0.1, -0.05) is 0 Å². The molecular formula is C20H42F6NO7PS2Si. The summed E-state index contributed by atoms with van der Waals surface area (Å²) in [6, 6.07) is -0.0647. The summed E-state index contributed by atoms with van der Waals surface area (Å²) in [6.07, 6.45) is -0.789. The summed E-state index contributed by atoms with van der Waals surface area (Å²) in [7, 11) is -13.5. The van der Waals surface area contributed by atoms with Crippen molar-refractivity contribution in [3.63, 3.8) is 0 Å². The Hall–Kier alpha value is -0.0331. The predicted molar refractivity (Wildman–Crippen MR) is 139 cm³/mol. The molecule has 0 atom stereocenters. The molecule has 232 valence electrons. The first-order valence-corrected chi connectivity index (χ1v) is 20.1. The average molecular weight is 646 g/mol. The van der Waals surface area contributed by atoms with Crippen LogP contribution >= 0.6 is 6.75 Å². The number of unbranched alkanes of at least 4 members (excludes halogenated alkanes) is 3. The monoisotopic (exact) mass is 645 g/mol. The minimum atomic E-state index is -6.97. The summed E-state index contributed by atoms with van der Waals surface area (Å²) in [5.41, 5.74) is -12.5. The second kappa shape index (κ2) is 14.2. The number of sulfonamides is 2. The van der Waals surface area contributed by atoms with Crippen LogP contribution in [-0.2, 0) is 33.3 Å². The zero-order valence-electron chi connectivity index (χ0n) is 22.8. The normalized spacial score (nSPS) is 15.6. The first-order chi connectivity index (χ1) is 17.3. The fourth-order valence-corrected chi connectivity index (χ4v) is 22.5. The van der Waals surface area contributed by atoms with Crippen LogP contribution < -0.4 is 0 Å². The van der Waals surface area contributed by atoms with E-state index < -0.39 is 74.8 Å². The third-order valence-electron chi connectivity index (χ3n) is 6.86. The molecule has 0 N–H and O–H groups in total. The van der Waals surface area contributed by atoms with Crippen LogP contribution in [0.1, 0.15) is 65.7 Å². The van der Waals surface area contributed by atoms with Gasteiger partial charge in [0.15, 0.2) is 0 Å². The third kappa shape index (κ3) is 8.04. The van der Waals surface area contributed by atoms with Crippen molar-refractivity contribution in [3.8, 4) is 0 Å². The van der Waals surface area contributed by atoms with Crippen LogP contribution in [0.15, 0.2) is 0 Å². The van der Waals surface area contributed by atoms with Crippen molar-refractivity contribution in [3.05, 3.63) is 0 Å². The summed E-state index contributed by atoms with van der Waals surface area (Å²) in [5.74, 6) is 0. The van der Waals surface area contributed by atoms with Crippen molar-refractivity contribution in [2.75, 3.05) is 46.0 Å². The van der Waals surface area contributed by atoms with E-state index in [1.54, 1.807) is 20.8 Å². The Kier molecular flexibility index (Phi) is 14.2. The standard InChI is InChI=1S/C20H42F6NO7PS2Si/c1-7-10-14-35(15-11-8-2,16-12-9-3,17-13-18-38(32-4,33-5)34-6)27(36(28,29)19(21,22)23)37(30,31)20(24,25)26/h7-18H2,1-6H3. The molecular weight excluding hydrogens is 603 g/mol. The maximum absolute atomic E-state index is 14.1. The molecule has 0 rings (SSSR count). The van der Waals surface area contributed by atoms with Crippen LogP contribution in [0.5, 0.6) is 0 Å². The van der Waals surface area contributed by atoms with Gasteiger partial charge in [-0.05, 0) is 0 Å². The molecule has 0 heterocycles. The van der Waals surface area contributed by atoms with Crippen LogP contribution in [-0.4, -0.2) is 86.1 Å². The molecule has 0 amide bonds. The zero-order chi connectivity index (χ0) is 30.1. The second-order valence-electron chi connectivity index (χ2n) is 9.34. The molecule has 0 bridgehead atoms. The summed E-state index contributed by atoms with van der Waals surface area (Å²) in [6.45, 7) is -0.189. The Labute approximate surface area is 224 Å². The molecule has 0 saturated carbocycles. The van der Waals surface area contributed by atoms with Crippen molar-refractivity contribution < 1.29 is 56.5 Å². The third-order valence-corrected chi connectivity index (χ3v) is 23.7. The Bertz CT molecular complexity index is 868. The van der Waals surface area contributed by atoms with Gasteiger partial charge in [-0.25, -0.2) is 0 Å². The first kappa shape index (κ1) is 38.0. The van der Waals surface area contributed by atoms with Crippen molar-refractivity contribution in [1.29, 1.82) is 0 Å². The molecule has 0 aromatic carbocycles. The molecule has 0 spiro atoms. The maximum atomic E-state index is 14.1. The van der Waals surface area contributed by atoms with E-state index in [0.29, 0.717) is 19.3 Å². The van der Waals surface area contributed by atoms with E-state index in [0.717, 1.165) is 0 Å². The molecule has 18 heteroatoms. The van der Waals surface area contributed by atoms with Gasteiger partial charge in [-0.3, -0.25) is 0 Å². The SMILES string of the molecule is CCCCP(CCCC)(CCCC)(CCC[Si](OC)(OC)OC)N(S(=O)(=O)C(F)(F)F)S(=O)(=O)C(F)(F)F. The van der Waals surface area contributed by atoms with E-state index >= 15 is 0 Å². The fraction of sp³-hybridized carbons (Fsp3) is 1.00. The first-order valence-electron chi connectivity index (χ1n) is 12.4. The van der Waals surface area contributed by atoms with Crippen molar-refractivity contribution in [2.45, 2.75) is 82.8 Å². The van der Waals surface area contributed by atoms with Gasteiger partial charge in [0, 0.05) is 0 Å². The molecule has 0 aromatic heterocycles. The van der Waals surface area contributed by atoms with E-state index in [1.165, 1.54) is 21.3 Å². The molecule has 0 aromatic rings. The van der Waals surface area contributed by atoms with Crippen molar-refractivity contribution in [2.24, 2.45) is 0 Å². The van der Waals surface area contributed by atoms with Crippen LogP contribution in [0.4, 0.5) is 26.3 Å². The van der Waals surface area contributed by atoms with Gasteiger partial charge < -0.3 is 0 Å². The van der Waals surface area contributed by atoms with Gasteiger partial charge >= 0.3 is 224 Å². The Morgan fingerprint density at radius 2 is 0.921 bits per heavy atom. The summed E-state index contributed by atoms with van der Waals surface area (Å²) in [5, 5.41) is 0. The van der Waals surface area contributed by atoms with E-state index in [2.05, 4.69) is 0 Å². The second-order valence-corrected chi connectivity index (χ2v) is 22.8. The quantitative estimate of drug-likeness (QED) is 0.0948. The molecule has 0 saturated heterocycles. The number of hydrogen-bond acceptors (Lipinski definition) is 7. The molecule has 38 heavy (non-hydrogen) atoms. The van der Waals surface area contributed by atoms with E-state index in [4.69, 9.17) is 13.3 Å². The van der Waals surface area contributed by atoms with E-state index in [-0.39, 0.29) is 31.7 Å². The molecule has 0 fully saturated rings. The molecule has 0 radical (unpaired) electrons. The molecule has 0 aliphatic rings. The topological polar surface area (TPSA) is 99.2 Å². The Morgan fingerprint density at radius 3 is 1.16 bits per heavy atom. The fourth-order valence-electron chi connectivity index (χ4n) is 4.86. The summed E-state index contributed by atoms with van der Waals surface area (Å²) >= 11 is 0. The number of hydrogen-bond donors (Lipinski definition) is 0.